The molecule has 0 atom stereocenters. The molecule has 150 valence electrons. The summed E-state index contributed by atoms with van der Waals surface area (Å²) in [4.78, 5) is 28.8. The molecule has 0 fully saturated rings. The summed E-state index contributed by atoms with van der Waals surface area (Å²) in [7, 11) is 1.80. The fourth-order valence-corrected chi connectivity index (χ4v) is 2.92. The molecule has 0 aliphatic carbocycles. The van der Waals surface area contributed by atoms with Crippen LogP contribution < -0.4 is 10.3 Å². The Labute approximate surface area is 168 Å². The van der Waals surface area contributed by atoms with Crippen LogP contribution in [0.4, 0.5) is 5.69 Å². The van der Waals surface area contributed by atoms with Crippen molar-refractivity contribution in [2.24, 2.45) is 12.0 Å². The van der Waals surface area contributed by atoms with E-state index >= 15 is 0 Å². The van der Waals surface area contributed by atoms with E-state index in [-0.39, 0.29) is 23.5 Å². The third-order valence-corrected chi connectivity index (χ3v) is 4.53. The lowest BCUT2D eigenvalue weighted by atomic mass is 10.2. The van der Waals surface area contributed by atoms with Crippen molar-refractivity contribution in [2.75, 3.05) is 0 Å². The number of rotatable bonds is 6. The van der Waals surface area contributed by atoms with Crippen molar-refractivity contribution < 1.29 is 14.6 Å². The summed E-state index contributed by atoms with van der Waals surface area (Å²) in [6.45, 7) is 3.69. The van der Waals surface area contributed by atoms with E-state index in [0.717, 1.165) is 5.69 Å². The molecule has 2 aromatic carbocycles. The number of hydrogen-bond acceptors (Lipinski definition) is 5. The molecule has 0 aliphatic heterocycles. The Morgan fingerprint density at radius 2 is 1.93 bits per heavy atom. The number of para-hydroxylation sites is 1. The van der Waals surface area contributed by atoms with Crippen LogP contribution in [-0.4, -0.2) is 26.7 Å². The number of phenolic OH excluding ortho intramolecular Hbond substituents is 1. The second-order valence-corrected chi connectivity index (χ2v) is 6.62. The van der Waals surface area contributed by atoms with Crippen LogP contribution in [0.5, 0.6) is 11.5 Å². The molecule has 0 aliphatic rings. The van der Waals surface area contributed by atoms with Crippen molar-refractivity contribution in [1.82, 2.24) is 9.36 Å². The maximum atomic E-state index is 12.9. The molecule has 0 amide bonds. The van der Waals surface area contributed by atoms with Gasteiger partial charge < -0.3 is 9.84 Å². The summed E-state index contributed by atoms with van der Waals surface area (Å²) in [6, 6.07) is 13.9. The van der Waals surface area contributed by atoms with Gasteiger partial charge in [-0.2, -0.15) is 0 Å². The van der Waals surface area contributed by atoms with Crippen molar-refractivity contribution in [3.63, 3.8) is 0 Å². The molecule has 0 spiro atoms. The van der Waals surface area contributed by atoms with Crippen LogP contribution in [0.1, 0.15) is 31.0 Å². The molecule has 1 aromatic heterocycles. The number of ether oxygens (including phenoxy) is 1. The summed E-state index contributed by atoms with van der Waals surface area (Å²) in [5, 5.41) is 10.1. The number of aromatic hydroxyl groups is 1. The number of aromatic nitrogens is 2. The zero-order valence-electron chi connectivity index (χ0n) is 16.6. The highest BCUT2D eigenvalue weighted by atomic mass is 16.5. The molecule has 1 N–H and O–H groups in total. The summed E-state index contributed by atoms with van der Waals surface area (Å²) in [5.41, 5.74) is 2.12. The predicted molar refractivity (Wildman–Crippen MR) is 112 cm³/mol. The van der Waals surface area contributed by atoms with Crippen molar-refractivity contribution in [3.05, 3.63) is 70.1 Å². The topological polar surface area (TPSA) is 85.8 Å². The highest BCUT2D eigenvalue weighted by molar-refractivity contribution is 5.83. The molecule has 7 nitrogen and oxygen atoms in total. The Morgan fingerprint density at radius 1 is 1.21 bits per heavy atom. The van der Waals surface area contributed by atoms with Crippen LogP contribution in [0.25, 0.3) is 5.69 Å². The molecular formula is C22H23N3O4. The van der Waals surface area contributed by atoms with Crippen molar-refractivity contribution in [3.8, 4) is 17.2 Å². The van der Waals surface area contributed by atoms with Gasteiger partial charge >= 0.3 is 5.97 Å². The number of nitrogens with zero attached hydrogens (tertiary/aromatic N) is 3. The van der Waals surface area contributed by atoms with Gasteiger partial charge in [0.15, 0.2) is 17.2 Å². The first kappa shape index (κ1) is 20.1. The second kappa shape index (κ2) is 8.60. The largest absolute Gasteiger partial charge is 0.504 e. The number of carbonyl (C=O) groups is 1. The summed E-state index contributed by atoms with van der Waals surface area (Å²) in [6.07, 6.45) is 2.45. The van der Waals surface area contributed by atoms with E-state index in [1.807, 2.05) is 44.2 Å². The first-order valence-electron chi connectivity index (χ1n) is 9.34. The Hall–Kier alpha value is -3.61. The van der Waals surface area contributed by atoms with E-state index in [2.05, 4.69) is 4.99 Å². The van der Waals surface area contributed by atoms with Gasteiger partial charge in [-0.3, -0.25) is 14.3 Å². The average molecular weight is 393 g/mol. The lowest BCUT2D eigenvalue weighted by molar-refractivity contribution is -0.134. The molecule has 0 unspecified atom stereocenters. The third kappa shape index (κ3) is 4.29. The van der Waals surface area contributed by atoms with Crippen LogP contribution in [-0.2, 0) is 11.8 Å². The van der Waals surface area contributed by atoms with Gasteiger partial charge in [0.1, 0.15) is 0 Å². The maximum Gasteiger partial charge on any atom is 0.311 e. The predicted octanol–water partition coefficient (Wildman–Crippen LogP) is 3.65. The normalized spacial score (nSPS) is 11.1. The van der Waals surface area contributed by atoms with Crippen molar-refractivity contribution in [2.45, 2.75) is 26.7 Å². The zero-order valence-corrected chi connectivity index (χ0v) is 16.6. The molecule has 7 heteroatoms. The van der Waals surface area contributed by atoms with Crippen LogP contribution in [0.2, 0.25) is 0 Å². The average Bonchev–Trinajstić information content (AvgIpc) is 2.91. The lowest BCUT2D eigenvalue weighted by Gasteiger charge is -2.07. The van der Waals surface area contributed by atoms with Gasteiger partial charge in [0.25, 0.3) is 5.56 Å². The van der Waals surface area contributed by atoms with E-state index in [9.17, 15) is 14.7 Å². The van der Waals surface area contributed by atoms with E-state index in [1.54, 1.807) is 22.5 Å². The van der Waals surface area contributed by atoms with E-state index < -0.39 is 5.97 Å². The summed E-state index contributed by atoms with van der Waals surface area (Å²) < 4.78 is 8.42. The Bertz CT molecular complexity index is 1110. The first-order valence-corrected chi connectivity index (χ1v) is 9.34. The van der Waals surface area contributed by atoms with Crippen molar-refractivity contribution in [1.29, 1.82) is 0 Å². The fourth-order valence-electron chi connectivity index (χ4n) is 2.92. The quantitative estimate of drug-likeness (QED) is 0.394. The van der Waals surface area contributed by atoms with Crippen LogP contribution in [0, 0.1) is 6.92 Å². The Morgan fingerprint density at radius 3 is 2.59 bits per heavy atom. The highest BCUT2D eigenvalue weighted by Crippen LogP contribution is 2.27. The molecule has 1 heterocycles. The van der Waals surface area contributed by atoms with Crippen molar-refractivity contribution >= 4 is 17.9 Å². The minimum absolute atomic E-state index is 0.0999. The van der Waals surface area contributed by atoms with Crippen LogP contribution in [0.15, 0.2) is 58.3 Å². The summed E-state index contributed by atoms with van der Waals surface area (Å²) in [5.74, 6) is -0.460. The highest BCUT2D eigenvalue weighted by Gasteiger charge is 2.15. The smallest absolute Gasteiger partial charge is 0.311 e. The van der Waals surface area contributed by atoms with Crippen LogP contribution >= 0.6 is 0 Å². The minimum atomic E-state index is -0.398. The number of hydrogen-bond donors (Lipinski definition) is 1. The van der Waals surface area contributed by atoms with Gasteiger partial charge in [-0.05, 0) is 49.2 Å². The molecular weight excluding hydrogens is 370 g/mol. The van der Waals surface area contributed by atoms with Gasteiger partial charge in [0, 0.05) is 19.7 Å². The first-order chi connectivity index (χ1) is 13.9. The van der Waals surface area contributed by atoms with E-state index in [1.165, 1.54) is 18.3 Å². The molecule has 0 bridgehead atoms. The van der Waals surface area contributed by atoms with E-state index in [4.69, 9.17) is 4.74 Å². The monoisotopic (exact) mass is 393 g/mol. The summed E-state index contributed by atoms with van der Waals surface area (Å²) >= 11 is 0. The molecule has 0 saturated carbocycles. The molecule has 0 saturated heterocycles. The number of benzene rings is 2. The fraction of sp³-hybridized carbons (Fsp3) is 0.227. The molecule has 0 radical (unpaired) electrons. The zero-order chi connectivity index (χ0) is 21.0. The maximum absolute atomic E-state index is 12.9. The SMILES string of the molecule is CCCC(=O)Oc1ccc(C=Nc2c(C)n(C)n(-c3ccccc3)c2=O)cc1O. The van der Waals surface area contributed by atoms with Crippen LogP contribution in [0.3, 0.4) is 0 Å². The van der Waals surface area contributed by atoms with Gasteiger partial charge in [0.2, 0.25) is 0 Å². The third-order valence-electron chi connectivity index (χ3n) is 4.53. The standard InChI is InChI=1S/C22H23N3O4/c1-4-8-20(27)29-19-12-11-16(13-18(19)26)14-23-21-15(2)24(3)25(22(21)28)17-9-6-5-7-10-17/h5-7,9-14,26H,4,8H2,1-3H3. The lowest BCUT2D eigenvalue weighted by Crippen LogP contribution is -2.19. The van der Waals surface area contributed by atoms with E-state index in [0.29, 0.717) is 23.4 Å². The van der Waals surface area contributed by atoms with Gasteiger partial charge in [0.05, 0.1) is 11.4 Å². The molecule has 3 rings (SSSR count). The Balaban J connectivity index is 1.88. The second-order valence-electron chi connectivity index (χ2n) is 6.62. The molecule has 3 aromatic rings. The van der Waals surface area contributed by atoms with Gasteiger partial charge in [-0.15, -0.1) is 0 Å². The number of esters is 1. The van der Waals surface area contributed by atoms with Gasteiger partial charge in [-0.1, -0.05) is 25.1 Å². The number of carbonyl (C=O) groups excluding carboxylic acids is 1. The number of phenols is 1. The van der Waals surface area contributed by atoms with Gasteiger partial charge in [-0.25, -0.2) is 9.67 Å². The molecule has 29 heavy (non-hydrogen) atoms. The minimum Gasteiger partial charge on any atom is -0.504 e. The Kier molecular flexibility index (Phi) is 5.97. The number of aliphatic imine (C=N–C) groups is 1.